The molecule has 0 saturated heterocycles. The Morgan fingerprint density at radius 1 is 1.03 bits per heavy atom. The molecule has 0 aliphatic rings. The van der Waals surface area contributed by atoms with Crippen LogP contribution in [0, 0.1) is 10.1 Å². The molecule has 0 aromatic heterocycles. The summed E-state index contributed by atoms with van der Waals surface area (Å²) in [5.74, 6) is 0.877. The van der Waals surface area contributed by atoms with E-state index >= 15 is 0 Å². The van der Waals surface area contributed by atoms with Crippen LogP contribution in [0.2, 0.25) is 0 Å². The zero-order valence-corrected chi connectivity index (χ0v) is 17.8. The third-order valence-corrected chi connectivity index (χ3v) is 4.44. The van der Waals surface area contributed by atoms with Crippen LogP contribution in [0.1, 0.15) is 51.0 Å². The van der Waals surface area contributed by atoms with Gasteiger partial charge >= 0.3 is 0 Å². The van der Waals surface area contributed by atoms with Crippen LogP contribution in [0.4, 0.5) is 5.69 Å². The molecule has 8 nitrogen and oxygen atoms in total. The number of non-ortho nitro benzene ring substituents is 1. The molecule has 0 aliphatic heterocycles. The van der Waals surface area contributed by atoms with E-state index in [9.17, 15) is 14.9 Å². The fourth-order valence-electron chi connectivity index (χ4n) is 2.78. The van der Waals surface area contributed by atoms with E-state index in [0.717, 1.165) is 12.2 Å². The average molecular weight is 428 g/mol. The van der Waals surface area contributed by atoms with Gasteiger partial charge in [0, 0.05) is 17.7 Å². The number of nitro benzene ring substituents is 1. The molecule has 0 unspecified atom stereocenters. The maximum absolute atomic E-state index is 11.8. The first-order valence-corrected chi connectivity index (χ1v) is 10.5. The first-order valence-electron chi connectivity index (χ1n) is 10.5. The van der Waals surface area contributed by atoms with E-state index in [2.05, 4.69) is 17.5 Å². The first kappa shape index (κ1) is 23.9. The van der Waals surface area contributed by atoms with Crippen LogP contribution in [0.3, 0.4) is 0 Å². The molecule has 0 heterocycles. The Morgan fingerprint density at radius 3 is 2.42 bits per heavy atom. The maximum Gasteiger partial charge on any atom is 0.277 e. The average Bonchev–Trinajstić information content (AvgIpc) is 2.78. The van der Waals surface area contributed by atoms with Gasteiger partial charge in [-0.25, -0.2) is 5.43 Å². The summed E-state index contributed by atoms with van der Waals surface area (Å²) in [6.07, 6.45) is 8.64. The van der Waals surface area contributed by atoms with Gasteiger partial charge in [-0.2, -0.15) is 5.10 Å². The molecular weight excluding hydrogens is 398 g/mol. The molecule has 2 aromatic rings. The quantitative estimate of drug-likeness (QED) is 0.201. The fraction of sp³-hybridized carbons (Fsp3) is 0.391. The molecule has 0 aliphatic carbocycles. The van der Waals surface area contributed by atoms with Crippen LogP contribution in [0.5, 0.6) is 11.5 Å². The van der Waals surface area contributed by atoms with Crippen molar-refractivity contribution in [2.45, 2.75) is 45.4 Å². The number of ether oxygens (including phenoxy) is 2. The summed E-state index contributed by atoms with van der Waals surface area (Å²) >= 11 is 0. The van der Waals surface area contributed by atoms with Gasteiger partial charge in [-0.3, -0.25) is 14.9 Å². The monoisotopic (exact) mass is 427 g/mol. The second-order valence-electron chi connectivity index (χ2n) is 7.02. The fourth-order valence-corrected chi connectivity index (χ4v) is 2.78. The Balaban J connectivity index is 1.65. The molecule has 0 radical (unpaired) electrons. The molecule has 1 N–H and O–H groups in total. The third kappa shape index (κ3) is 9.75. The molecule has 8 heteroatoms. The smallest absolute Gasteiger partial charge is 0.277 e. The minimum Gasteiger partial charge on any atom is -0.494 e. The molecule has 0 bridgehead atoms. The van der Waals surface area contributed by atoms with Crippen molar-refractivity contribution in [3.63, 3.8) is 0 Å². The van der Waals surface area contributed by atoms with Crippen LogP contribution in [-0.4, -0.2) is 30.3 Å². The highest BCUT2D eigenvalue weighted by molar-refractivity contribution is 5.83. The number of benzene rings is 2. The van der Waals surface area contributed by atoms with E-state index < -0.39 is 10.8 Å². The highest BCUT2D eigenvalue weighted by Crippen LogP contribution is 2.18. The molecule has 0 saturated carbocycles. The Hall–Kier alpha value is -3.42. The Labute approximate surface area is 182 Å². The second kappa shape index (κ2) is 13.7. The molecular formula is C23H29N3O5. The number of rotatable bonds is 14. The molecule has 2 rings (SSSR count). The van der Waals surface area contributed by atoms with Gasteiger partial charge in [-0.1, -0.05) is 51.2 Å². The van der Waals surface area contributed by atoms with Crippen molar-refractivity contribution in [1.82, 2.24) is 5.43 Å². The number of amides is 1. The highest BCUT2D eigenvalue weighted by Gasteiger charge is 2.05. The largest absolute Gasteiger partial charge is 0.494 e. The number of hydrazone groups is 1. The summed E-state index contributed by atoms with van der Waals surface area (Å²) in [6, 6.07) is 13.1. The third-order valence-electron chi connectivity index (χ3n) is 4.44. The van der Waals surface area contributed by atoms with E-state index in [0.29, 0.717) is 17.9 Å². The Morgan fingerprint density at radius 2 is 1.71 bits per heavy atom. The highest BCUT2D eigenvalue weighted by atomic mass is 16.6. The first-order chi connectivity index (χ1) is 15.1. The van der Waals surface area contributed by atoms with Gasteiger partial charge in [0.2, 0.25) is 0 Å². The predicted molar refractivity (Wildman–Crippen MR) is 120 cm³/mol. The van der Waals surface area contributed by atoms with E-state index in [1.54, 1.807) is 24.3 Å². The van der Waals surface area contributed by atoms with Gasteiger partial charge in [0.25, 0.3) is 11.6 Å². The molecule has 2 aromatic carbocycles. The van der Waals surface area contributed by atoms with E-state index in [1.807, 2.05) is 12.1 Å². The van der Waals surface area contributed by atoms with Crippen molar-refractivity contribution in [2.24, 2.45) is 5.10 Å². The molecule has 1 amide bonds. The van der Waals surface area contributed by atoms with Crippen LogP contribution >= 0.6 is 0 Å². The molecule has 0 atom stereocenters. The number of unbranched alkanes of at least 4 members (excludes halogenated alkanes) is 5. The number of carbonyl (C=O) groups excluding carboxylic acids is 1. The van der Waals surface area contributed by atoms with Gasteiger partial charge in [-0.05, 0) is 30.7 Å². The normalized spacial score (nSPS) is 10.7. The molecule has 0 spiro atoms. The van der Waals surface area contributed by atoms with Gasteiger partial charge in [-0.15, -0.1) is 0 Å². The van der Waals surface area contributed by atoms with Crippen molar-refractivity contribution >= 4 is 17.8 Å². The van der Waals surface area contributed by atoms with E-state index in [4.69, 9.17) is 9.47 Å². The standard InChI is InChI=1S/C23H29N3O5/c1-2-3-4-5-6-7-15-30-21-11-13-22(14-12-21)31-18-23(27)25-24-17-19-9-8-10-20(16-19)26(28)29/h8-14,16-17H,2-7,15,18H2,1H3,(H,25,27)/b24-17-. The summed E-state index contributed by atoms with van der Waals surface area (Å²) in [5.41, 5.74) is 2.79. The number of nitrogens with zero attached hydrogens (tertiary/aromatic N) is 2. The number of hydrogen-bond acceptors (Lipinski definition) is 6. The number of nitro groups is 1. The van der Waals surface area contributed by atoms with E-state index in [-0.39, 0.29) is 12.3 Å². The summed E-state index contributed by atoms with van der Waals surface area (Å²) < 4.78 is 11.1. The maximum atomic E-state index is 11.8. The lowest BCUT2D eigenvalue weighted by atomic mass is 10.1. The van der Waals surface area contributed by atoms with Crippen LogP contribution in [0.15, 0.2) is 53.6 Å². The summed E-state index contributed by atoms with van der Waals surface area (Å²) in [5, 5.41) is 14.5. The van der Waals surface area contributed by atoms with Crippen LogP contribution in [-0.2, 0) is 4.79 Å². The van der Waals surface area contributed by atoms with Crippen LogP contribution < -0.4 is 14.9 Å². The van der Waals surface area contributed by atoms with Crippen molar-refractivity contribution in [2.75, 3.05) is 13.2 Å². The van der Waals surface area contributed by atoms with Crippen molar-refractivity contribution in [3.05, 3.63) is 64.2 Å². The lowest BCUT2D eigenvalue weighted by molar-refractivity contribution is -0.384. The zero-order valence-electron chi connectivity index (χ0n) is 17.8. The Bertz CT molecular complexity index is 853. The molecule has 0 fully saturated rings. The van der Waals surface area contributed by atoms with Crippen LogP contribution in [0.25, 0.3) is 0 Å². The second-order valence-corrected chi connectivity index (χ2v) is 7.02. The van der Waals surface area contributed by atoms with Gasteiger partial charge < -0.3 is 9.47 Å². The summed E-state index contributed by atoms with van der Waals surface area (Å²) in [4.78, 5) is 22.1. The van der Waals surface area contributed by atoms with Crippen molar-refractivity contribution in [3.8, 4) is 11.5 Å². The number of nitrogens with one attached hydrogen (secondary N) is 1. The number of carbonyl (C=O) groups is 1. The summed E-state index contributed by atoms with van der Waals surface area (Å²) in [7, 11) is 0. The lowest BCUT2D eigenvalue weighted by Gasteiger charge is -2.08. The lowest BCUT2D eigenvalue weighted by Crippen LogP contribution is -2.24. The van der Waals surface area contributed by atoms with Gasteiger partial charge in [0.15, 0.2) is 6.61 Å². The van der Waals surface area contributed by atoms with Crippen molar-refractivity contribution in [1.29, 1.82) is 0 Å². The molecule has 31 heavy (non-hydrogen) atoms. The molecule has 166 valence electrons. The Kier molecular flexibility index (Phi) is 10.6. The topological polar surface area (TPSA) is 103 Å². The predicted octanol–water partition coefficient (Wildman–Crippen LogP) is 4.86. The number of hydrogen-bond donors (Lipinski definition) is 1. The van der Waals surface area contributed by atoms with Crippen molar-refractivity contribution < 1.29 is 19.2 Å². The van der Waals surface area contributed by atoms with Gasteiger partial charge in [0.1, 0.15) is 11.5 Å². The minimum atomic E-state index is -0.491. The van der Waals surface area contributed by atoms with E-state index in [1.165, 1.54) is 50.5 Å². The SMILES string of the molecule is CCCCCCCCOc1ccc(OCC(=O)N/N=C\c2cccc([N+](=O)[O-])c2)cc1. The zero-order chi connectivity index (χ0) is 22.3. The summed E-state index contributed by atoms with van der Waals surface area (Å²) in [6.45, 7) is 2.70. The van der Waals surface area contributed by atoms with Gasteiger partial charge in [0.05, 0.1) is 17.7 Å². The minimum absolute atomic E-state index is 0.0435.